The maximum atomic E-state index is 4.73. The smallest absolute Gasteiger partial charge is 0.225 e. The van der Waals surface area contributed by atoms with Crippen molar-refractivity contribution in [3.8, 4) is 0 Å². The predicted octanol–water partition coefficient (Wildman–Crippen LogP) is 2.37. The molecule has 1 aliphatic carbocycles. The number of thioether (sulfide) groups is 1. The van der Waals surface area contributed by atoms with E-state index < -0.39 is 0 Å². The zero-order valence-corrected chi connectivity index (χ0v) is 13.5. The van der Waals surface area contributed by atoms with Gasteiger partial charge in [0.1, 0.15) is 0 Å². The van der Waals surface area contributed by atoms with E-state index in [-0.39, 0.29) is 0 Å². The molecule has 1 N–H and O–H groups in total. The average molecular weight is 292 g/mol. The molecule has 1 saturated carbocycles. The van der Waals surface area contributed by atoms with Crippen LogP contribution in [0, 0.1) is 6.92 Å². The number of aryl methyl sites for hydroxylation is 1. The van der Waals surface area contributed by atoms with E-state index in [1.54, 1.807) is 0 Å². The Morgan fingerprint density at radius 2 is 2.25 bits per heavy atom. The van der Waals surface area contributed by atoms with E-state index in [0.29, 0.717) is 4.75 Å². The van der Waals surface area contributed by atoms with Gasteiger partial charge in [0.25, 0.3) is 0 Å². The molecule has 2 aliphatic rings. The highest BCUT2D eigenvalue weighted by Crippen LogP contribution is 2.31. The molecule has 3 rings (SSSR count). The van der Waals surface area contributed by atoms with Crippen molar-refractivity contribution in [2.24, 2.45) is 0 Å². The number of rotatable bonds is 4. The Labute approximate surface area is 125 Å². The van der Waals surface area contributed by atoms with Crippen molar-refractivity contribution in [3.63, 3.8) is 0 Å². The summed E-state index contributed by atoms with van der Waals surface area (Å²) in [6.07, 6.45) is 4.64. The maximum Gasteiger partial charge on any atom is 0.225 e. The first-order chi connectivity index (χ1) is 9.53. The molecule has 0 aromatic carbocycles. The van der Waals surface area contributed by atoms with Crippen molar-refractivity contribution >= 4 is 17.7 Å². The number of nitrogens with one attached hydrogen (secondary N) is 1. The normalized spacial score (nSPS) is 22.1. The van der Waals surface area contributed by atoms with E-state index in [0.717, 1.165) is 43.1 Å². The summed E-state index contributed by atoms with van der Waals surface area (Å²) in [4.78, 5) is 11.6. The molecule has 0 radical (unpaired) electrons. The summed E-state index contributed by atoms with van der Waals surface area (Å²) in [5.41, 5.74) is 2.34. The Morgan fingerprint density at radius 3 is 2.90 bits per heavy atom. The second kappa shape index (κ2) is 5.53. The third-order valence-electron chi connectivity index (χ3n) is 3.94. The first-order valence-corrected chi connectivity index (χ1v) is 8.47. The van der Waals surface area contributed by atoms with E-state index in [4.69, 9.17) is 4.98 Å². The highest BCUT2D eigenvalue weighted by molar-refractivity contribution is 8.00. The van der Waals surface area contributed by atoms with Crippen LogP contribution >= 0.6 is 11.8 Å². The van der Waals surface area contributed by atoms with Crippen molar-refractivity contribution in [1.29, 1.82) is 0 Å². The van der Waals surface area contributed by atoms with Crippen LogP contribution in [0.4, 0.5) is 5.95 Å². The summed E-state index contributed by atoms with van der Waals surface area (Å²) in [5, 5.41) is 3.53. The molecule has 20 heavy (non-hydrogen) atoms. The van der Waals surface area contributed by atoms with Crippen LogP contribution in [0.5, 0.6) is 0 Å². The first kappa shape index (κ1) is 14.1. The summed E-state index contributed by atoms with van der Waals surface area (Å²) in [6.45, 7) is 9.66. The molecular weight excluding hydrogens is 268 g/mol. The molecule has 1 aromatic heterocycles. The van der Waals surface area contributed by atoms with E-state index >= 15 is 0 Å². The lowest BCUT2D eigenvalue weighted by atomic mass is 10.2. The molecule has 4 nitrogen and oxygen atoms in total. The molecule has 1 saturated heterocycles. The molecule has 0 unspecified atom stereocenters. The fourth-order valence-corrected chi connectivity index (χ4v) is 3.65. The highest BCUT2D eigenvalue weighted by atomic mass is 32.2. The lowest BCUT2D eigenvalue weighted by Gasteiger charge is -2.37. The van der Waals surface area contributed by atoms with E-state index in [1.165, 1.54) is 18.4 Å². The summed E-state index contributed by atoms with van der Waals surface area (Å²) < 4.78 is 0.293. The number of anilines is 1. The van der Waals surface area contributed by atoms with Gasteiger partial charge in [0.05, 0.1) is 0 Å². The van der Waals surface area contributed by atoms with Crippen LogP contribution < -0.4 is 10.2 Å². The van der Waals surface area contributed by atoms with Crippen molar-refractivity contribution in [1.82, 2.24) is 15.3 Å². The molecule has 0 bridgehead atoms. The second-order valence-electron chi connectivity index (χ2n) is 6.47. The first-order valence-electron chi connectivity index (χ1n) is 7.48. The fraction of sp³-hybridized carbons (Fsp3) is 0.733. The van der Waals surface area contributed by atoms with E-state index in [2.05, 4.69) is 36.0 Å². The number of nitrogens with zero attached hydrogens (tertiary/aromatic N) is 3. The van der Waals surface area contributed by atoms with Crippen molar-refractivity contribution in [2.45, 2.75) is 50.9 Å². The van der Waals surface area contributed by atoms with Crippen LogP contribution in [0.3, 0.4) is 0 Å². The molecule has 110 valence electrons. The second-order valence-corrected chi connectivity index (χ2v) is 8.27. The summed E-state index contributed by atoms with van der Waals surface area (Å²) in [7, 11) is 0. The van der Waals surface area contributed by atoms with Gasteiger partial charge in [-0.25, -0.2) is 9.97 Å². The molecule has 0 amide bonds. The molecular formula is C15H24N4S. The van der Waals surface area contributed by atoms with Crippen LogP contribution in [0.15, 0.2) is 6.20 Å². The maximum absolute atomic E-state index is 4.73. The Hall–Kier alpha value is -0.810. The Balaban J connectivity index is 1.68. The summed E-state index contributed by atoms with van der Waals surface area (Å²) in [6, 6.07) is 0.731. The molecule has 0 atom stereocenters. The topological polar surface area (TPSA) is 41.1 Å². The van der Waals surface area contributed by atoms with E-state index in [9.17, 15) is 0 Å². The van der Waals surface area contributed by atoms with Gasteiger partial charge < -0.3 is 10.2 Å². The Kier molecular flexibility index (Phi) is 3.91. The largest absolute Gasteiger partial charge is 0.339 e. The molecule has 0 spiro atoms. The number of hydrogen-bond donors (Lipinski definition) is 1. The Morgan fingerprint density at radius 1 is 1.45 bits per heavy atom. The predicted molar refractivity (Wildman–Crippen MR) is 85.4 cm³/mol. The zero-order chi connectivity index (χ0) is 14.2. The van der Waals surface area contributed by atoms with Gasteiger partial charge in [-0.15, -0.1) is 0 Å². The number of hydrogen-bond acceptors (Lipinski definition) is 5. The highest BCUT2D eigenvalue weighted by Gasteiger charge is 2.28. The van der Waals surface area contributed by atoms with Gasteiger partial charge in [0, 0.05) is 53.6 Å². The number of aromatic nitrogens is 2. The minimum Gasteiger partial charge on any atom is -0.339 e. The van der Waals surface area contributed by atoms with Crippen LogP contribution in [0.1, 0.15) is 37.9 Å². The zero-order valence-electron chi connectivity index (χ0n) is 12.6. The molecule has 1 aliphatic heterocycles. The van der Waals surface area contributed by atoms with Crippen molar-refractivity contribution < 1.29 is 0 Å². The SMILES string of the molecule is Cc1nc(N2CCSC(C)(C)C2)ncc1CNC1CC1. The lowest BCUT2D eigenvalue weighted by molar-refractivity contribution is 0.631. The monoisotopic (exact) mass is 292 g/mol. The van der Waals surface area contributed by atoms with Gasteiger partial charge in [-0.05, 0) is 33.6 Å². The van der Waals surface area contributed by atoms with Crippen LogP contribution in [0.2, 0.25) is 0 Å². The van der Waals surface area contributed by atoms with Crippen molar-refractivity contribution in [3.05, 3.63) is 17.5 Å². The minimum absolute atomic E-state index is 0.293. The molecule has 1 aromatic rings. The minimum atomic E-state index is 0.293. The average Bonchev–Trinajstić information content (AvgIpc) is 3.20. The van der Waals surface area contributed by atoms with Crippen LogP contribution in [-0.4, -0.2) is 39.6 Å². The van der Waals surface area contributed by atoms with Gasteiger partial charge in [-0.1, -0.05) is 0 Å². The van der Waals surface area contributed by atoms with Crippen LogP contribution in [0.25, 0.3) is 0 Å². The van der Waals surface area contributed by atoms with Gasteiger partial charge >= 0.3 is 0 Å². The third-order valence-corrected chi connectivity index (χ3v) is 5.23. The standard InChI is InChI=1S/C15H24N4S/c1-11-12(8-16-13-4-5-13)9-17-14(18-11)19-6-7-20-15(2,3)10-19/h9,13,16H,4-8,10H2,1-3H3. The summed E-state index contributed by atoms with van der Waals surface area (Å²) in [5.74, 6) is 2.05. The quantitative estimate of drug-likeness (QED) is 0.922. The Bertz CT molecular complexity index is 485. The van der Waals surface area contributed by atoms with Gasteiger partial charge in [0.15, 0.2) is 0 Å². The van der Waals surface area contributed by atoms with Crippen LogP contribution in [-0.2, 0) is 6.54 Å². The fourth-order valence-electron chi connectivity index (χ4n) is 2.53. The van der Waals surface area contributed by atoms with E-state index in [1.807, 2.05) is 18.0 Å². The van der Waals surface area contributed by atoms with Gasteiger partial charge in [-0.3, -0.25) is 0 Å². The molecule has 2 fully saturated rings. The molecule has 5 heteroatoms. The lowest BCUT2D eigenvalue weighted by Crippen LogP contribution is -2.44. The third kappa shape index (κ3) is 3.44. The molecule has 2 heterocycles. The summed E-state index contributed by atoms with van der Waals surface area (Å²) >= 11 is 2.04. The van der Waals surface area contributed by atoms with Gasteiger partial charge in [0.2, 0.25) is 5.95 Å². The van der Waals surface area contributed by atoms with Gasteiger partial charge in [-0.2, -0.15) is 11.8 Å². The van der Waals surface area contributed by atoms with Crippen molar-refractivity contribution in [2.75, 3.05) is 23.7 Å².